The first-order chi connectivity index (χ1) is 15.9. The fraction of sp³-hybridized carbons (Fsp3) is 0.240. The minimum absolute atomic E-state index is 0.0884. The molecule has 1 amide bonds. The van der Waals surface area contributed by atoms with E-state index in [9.17, 15) is 13.2 Å². The Bertz CT molecular complexity index is 1230. The lowest BCUT2D eigenvalue weighted by atomic mass is 10.1. The number of carbonyl (C=O) groups excluding carboxylic acids is 1. The van der Waals surface area contributed by atoms with E-state index in [4.69, 9.17) is 16.3 Å². The molecule has 0 spiro atoms. The van der Waals surface area contributed by atoms with Crippen LogP contribution in [0.1, 0.15) is 25.3 Å². The Balaban J connectivity index is 1.57. The molecular formula is C25H25ClN2O4S. The van der Waals surface area contributed by atoms with Crippen LogP contribution in [0.3, 0.4) is 0 Å². The van der Waals surface area contributed by atoms with Crippen molar-refractivity contribution >= 4 is 38.9 Å². The number of anilines is 2. The van der Waals surface area contributed by atoms with Gasteiger partial charge in [-0.25, -0.2) is 8.42 Å². The van der Waals surface area contributed by atoms with E-state index in [2.05, 4.69) is 12.2 Å². The fourth-order valence-electron chi connectivity index (χ4n) is 3.66. The Morgan fingerprint density at radius 3 is 2.45 bits per heavy atom. The summed E-state index contributed by atoms with van der Waals surface area (Å²) in [6.07, 6.45) is 2.21. The average Bonchev–Trinajstić information content (AvgIpc) is 2.83. The van der Waals surface area contributed by atoms with Gasteiger partial charge in [0.15, 0.2) is 6.10 Å². The third kappa shape index (κ3) is 5.15. The number of rotatable bonds is 7. The molecule has 0 bridgehead atoms. The van der Waals surface area contributed by atoms with Crippen molar-refractivity contribution in [1.82, 2.24) is 0 Å². The summed E-state index contributed by atoms with van der Waals surface area (Å²) in [5, 5.41) is 3.28. The number of nitrogens with zero attached hydrogens (tertiary/aromatic N) is 1. The molecule has 0 saturated carbocycles. The smallest absolute Gasteiger partial charge is 0.267 e. The molecule has 0 saturated heterocycles. The van der Waals surface area contributed by atoms with Crippen LogP contribution < -0.4 is 14.4 Å². The number of ether oxygens (including phenoxy) is 1. The van der Waals surface area contributed by atoms with Crippen LogP contribution in [0.4, 0.5) is 11.4 Å². The number of unbranched alkanes of at least 4 members (excludes halogenated alkanes) is 1. The molecule has 1 N–H and O–H groups in total. The molecule has 0 radical (unpaired) electrons. The zero-order valence-corrected chi connectivity index (χ0v) is 19.8. The number of para-hydroxylation sites is 2. The highest BCUT2D eigenvalue weighted by Crippen LogP contribution is 2.37. The molecule has 4 rings (SSSR count). The molecule has 0 aliphatic carbocycles. The van der Waals surface area contributed by atoms with Crippen molar-refractivity contribution in [2.75, 3.05) is 16.2 Å². The lowest BCUT2D eigenvalue weighted by Gasteiger charge is -2.34. The third-order valence-electron chi connectivity index (χ3n) is 5.47. The summed E-state index contributed by atoms with van der Waals surface area (Å²) < 4.78 is 33.9. The van der Waals surface area contributed by atoms with Crippen LogP contribution in [-0.4, -0.2) is 27.0 Å². The molecule has 6 nitrogen and oxygen atoms in total. The molecule has 172 valence electrons. The molecule has 3 aromatic rings. The fourth-order valence-corrected chi connectivity index (χ4v) is 5.26. The predicted octanol–water partition coefficient (Wildman–Crippen LogP) is 5.28. The number of aryl methyl sites for hydroxylation is 1. The van der Waals surface area contributed by atoms with E-state index < -0.39 is 22.0 Å². The van der Waals surface area contributed by atoms with Gasteiger partial charge in [-0.1, -0.05) is 49.2 Å². The molecule has 1 aliphatic rings. The normalized spacial score (nSPS) is 15.5. The zero-order chi connectivity index (χ0) is 23.4. The molecule has 33 heavy (non-hydrogen) atoms. The van der Waals surface area contributed by atoms with Crippen molar-refractivity contribution in [2.24, 2.45) is 0 Å². The van der Waals surface area contributed by atoms with Crippen LogP contribution >= 0.6 is 11.6 Å². The van der Waals surface area contributed by atoms with Gasteiger partial charge in [0, 0.05) is 10.7 Å². The molecule has 1 atom stereocenters. The maximum Gasteiger partial charge on any atom is 0.267 e. The van der Waals surface area contributed by atoms with Gasteiger partial charge in [0.25, 0.3) is 15.9 Å². The Morgan fingerprint density at radius 2 is 1.76 bits per heavy atom. The van der Waals surface area contributed by atoms with Gasteiger partial charge >= 0.3 is 0 Å². The first kappa shape index (κ1) is 23.1. The maximum absolute atomic E-state index is 13.4. The third-order valence-corrected chi connectivity index (χ3v) is 7.52. The number of halogens is 1. The van der Waals surface area contributed by atoms with Crippen LogP contribution in [0.2, 0.25) is 5.02 Å². The van der Waals surface area contributed by atoms with Gasteiger partial charge in [-0.05, 0) is 66.9 Å². The number of nitrogens with one attached hydrogen (secondary N) is 1. The number of carbonyl (C=O) groups is 1. The second kappa shape index (κ2) is 9.85. The topological polar surface area (TPSA) is 75.7 Å². The quantitative estimate of drug-likeness (QED) is 0.495. The van der Waals surface area contributed by atoms with E-state index in [-0.39, 0.29) is 11.4 Å². The van der Waals surface area contributed by atoms with E-state index in [1.165, 1.54) is 34.1 Å². The highest BCUT2D eigenvalue weighted by Gasteiger charge is 2.37. The molecule has 0 aromatic heterocycles. The van der Waals surface area contributed by atoms with Gasteiger partial charge in [-0.15, -0.1) is 0 Å². The van der Waals surface area contributed by atoms with Gasteiger partial charge < -0.3 is 10.1 Å². The molecule has 3 aromatic carbocycles. The Morgan fingerprint density at radius 1 is 1.06 bits per heavy atom. The summed E-state index contributed by atoms with van der Waals surface area (Å²) in [4.78, 5) is 13.1. The van der Waals surface area contributed by atoms with Crippen LogP contribution in [0.15, 0.2) is 77.7 Å². The summed E-state index contributed by atoms with van der Waals surface area (Å²) >= 11 is 5.92. The second-order valence-electron chi connectivity index (χ2n) is 7.85. The minimum atomic E-state index is -3.93. The molecule has 1 aliphatic heterocycles. The summed E-state index contributed by atoms with van der Waals surface area (Å²) in [5.74, 6) is -0.0848. The number of benzene rings is 3. The lowest BCUT2D eigenvalue weighted by molar-refractivity contribution is -0.122. The number of amides is 1. The first-order valence-corrected chi connectivity index (χ1v) is 12.6. The minimum Gasteiger partial charge on any atom is -0.476 e. The monoisotopic (exact) mass is 484 g/mol. The summed E-state index contributed by atoms with van der Waals surface area (Å²) in [7, 11) is -3.93. The van der Waals surface area contributed by atoms with Crippen molar-refractivity contribution in [1.29, 1.82) is 0 Å². The molecule has 0 fully saturated rings. The van der Waals surface area contributed by atoms with Crippen molar-refractivity contribution in [3.05, 3.63) is 83.4 Å². The van der Waals surface area contributed by atoms with Crippen LogP contribution in [0, 0.1) is 0 Å². The van der Waals surface area contributed by atoms with E-state index in [0.29, 0.717) is 22.1 Å². The highest BCUT2D eigenvalue weighted by atomic mass is 35.5. The van der Waals surface area contributed by atoms with Crippen LogP contribution in [-0.2, 0) is 21.2 Å². The van der Waals surface area contributed by atoms with Gasteiger partial charge in [-0.3, -0.25) is 9.10 Å². The first-order valence-electron chi connectivity index (χ1n) is 10.8. The predicted molar refractivity (Wildman–Crippen MR) is 131 cm³/mol. The number of sulfonamides is 1. The van der Waals surface area contributed by atoms with Gasteiger partial charge in [-0.2, -0.15) is 0 Å². The van der Waals surface area contributed by atoms with E-state index in [1.54, 1.807) is 24.3 Å². The van der Waals surface area contributed by atoms with Crippen LogP contribution in [0.5, 0.6) is 5.75 Å². The average molecular weight is 485 g/mol. The SMILES string of the molecule is CCCCc1ccc(NC(=O)[C@H]2CN(S(=O)(=O)c3ccc(Cl)cc3)c3ccccc3O2)cc1. The standard InChI is InChI=1S/C25H25ClN2O4S/c1-2-3-6-18-9-13-20(14-10-18)27-25(29)24-17-28(22-7-4-5-8-23(22)32-24)33(30,31)21-15-11-19(26)12-16-21/h4-5,7-16,24H,2-3,6,17H2,1H3,(H,27,29)/t24-/m1/s1. The zero-order valence-electron chi connectivity index (χ0n) is 18.2. The Kier molecular flexibility index (Phi) is 6.91. The summed E-state index contributed by atoms with van der Waals surface area (Å²) in [5.41, 5.74) is 2.23. The number of fused-ring (bicyclic) bond motifs is 1. The largest absolute Gasteiger partial charge is 0.476 e. The Labute approximate surface area is 199 Å². The number of hydrogen-bond donors (Lipinski definition) is 1. The van der Waals surface area contributed by atoms with Crippen LogP contribution in [0.25, 0.3) is 0 Å². The van der Waals surface area contributed by atoms with E-state index >= 15 is 0 Å². The lowest BCUT2D eigenvalue weighted by Crippen LogP contribution is -2.48. The molecular weight excluding hydrogens is 460 g/mol. The molecule has 0 unspecified atom stereocenters. The van der Waals surface area contributed by atoms with Gasteiger partial charge in [0.1, 0.15) is 5.75 Å². The molecule has 1 heterocycles. The van der Waals surface area contributed by atoms with Gasteiger partial charge in [0.05, 0.1) is 17.1 Å². The molecule has 8 heteroatoms. The van der Waals surface area contributed by atoms with E-state index in [1.807, 2.05) is 24.3 Å². The van der Waals surface area contributed by atoms with E-state index in [0.717, 1.165) is 19.3 Å². The Hall–Kier alpha value is -3.03. The summed E-state index contributed by atoms with van der Waals surface area (Å²) in [6.45, 7) is 2.00. The van der Waals surface area contributed by atoms with Crippen molar-refractivity contribution in [3.8, 4) is 5.75 Å². The maximum atomic E-state index is 13.4. The highest BCUT2D eigenvalue weighted by molar-refractivity contribution is 7.92. The van der Waals surface area contributed by atoms with Gasteiger partial charge in [0.2, 0.25) is 0 Å². The van der Waals surface area contributed by atoms with Crippen molar-refractivity contribution in [3.63, 3.8) is 0 Å². The number of hydrogen-bond acceptors (Lipinski definition) is 4. The second-order valence-corrected chi connectivity index (χ2v) is 10.2. The summed E-state index contributed by atoms with van der Waals surface area (Å²) in [6, 6.07) is 20.4. The van der Waals surface area contributed by atoms with Crippen molar-refractivity contribution in [2.45, 2.75) is 37.2 Å². The van der Waals surface area contributed by atoms with Crippen molar-refractivity contribution < 1.29 is 17.9 Å².